The number of fused-ring (bicyclic) bond motifs is 2. The molecule has 1 aromatic heterocycles. The second-order valence-corrected chi connectivity index (χ2v) is 12.8. The highest BCUT2D eigenvalue weighted by molar-refractivity contribution is 5.95. The van der Waals surface area contributed by atoms with Crippen LogP contribution >= 0.6 is 0 Å². The lowest BCUT2D eigenvalue weighted by Gasteiger charge is -2.32. The third kappa shape index (κ3) is 7.65. The first-order chi connectivity index (χ1) is 22.9. The third-order valence-electron chi connectivity index (χ3n) is 9.48. The SMILES string of the molecule is CCc1ccc(-c2ccc(C(=O)N[C@H](Cc3cn(C)c4ccccc34)CN(C)[C@H](CNC)Cc3ccc4ccccc4c3)cc2)cc1. The molecule has 0 aliphatic heterocycles. The van der Waals surface area contributed by atoms with Crippen LogP contribution in [0, 0.1) is 0 Å². The lowest BCUT2D eigenvalue weighted by molar-refractivity contribution is 0.0921. The van der Waals surface area contributed by atoms with E-state index in [9.17, 15) is 4.79 Å². The van der Waals surface area contributed by atoms with Gasteiger partial charge in [-0.05, 0) is 90.1 Å². The normalized spacial score (nSPS) is 12.9. The molecule has 1 amide bonds. The van der Waals surface area contributed by atoms with Crippen LogP contribution in [-0.4, -0.2) is 54.6 Å². The molecule has 0 saturated carbocycles. The van der Waals surface area contributed by atoms with Gasteiger partial charge in [-0.25, -0.2) is 0 Å². The molecule has 0 saturated heterocycles. The molecule has 2 N–H and O–H groups in total. The number of benzene rings is 5. The van der Waals surface area contributed by atoms with Crippen LogP contribution in [0.5, 0.6) is 0 Å². The number of hydrogen-bond acceptors (Lipinski definition) is 3. The highest BCUT2D eigenvalue weighted by Gasteiger charge is 2.23. The molecule has 5 nitrogen and oxygen atoms in total. The van der Waals surface area contributed by atoms with E-state index in [0.717, 1.165) is 43.5 Å². The van der Waals surface area contributed by atoms with Crippen LogP contribution in [-0.2, 0) is 26.3 Å². The van der Waals surface area contributed by atoms with E-state index in [-0.39, 0.29) is 18.0 Å². The Hall–Kier alpha value is -4.71. The predicted octanol–water partition coefficient (Wildman–Crippen LogP) is 7.66. The number of aromatic nitrogens is 1. The van der Waals surface area contributed by atoms with Crippen molar-refractivity contribution in [2.45, 2.75) is 38.3 Å². The maximum atomic E-state index is 13.8. The molecule has 1 heterocycles. The molecule has 0 unspecified atom stereocenters. The Morgan fingerprint density at radius 2 is 1.45 bits per heavy atom. The van der Waals surface area contributed by atoms with Gasteiger partial charge in [0.15, 0.2) is 0 Å². The topological polar surface area (TPSA) is 49.3 Å². The molecule has 0 bridgehead atoms. The number of para-hydroxylation sites is 1. The first kappa shape index (κ1) is 32.2. The zero-order valence-corrected chi connectivity index (χ0v) is 28.0. The summed E-state index contributed by atoms with van der Waals surface area (Å²) in [4.78, 5) is 16.2. The van der Waals surface area contributed by atoms with Gasteiger partial charge in [0.25, 0.3) is 5.91 Å². The van der Waals surface area contributed by atoms with Gasteiger partial charge in [-0.2, -0.15) is 0 Å². The Labute approximate surface area is 279 Å². The zero-order valence-electron chi connectivity index (χ0n) is 28.0. The second-order valence-electron chi connectivity index (χ2n) is 12.8. The van der Waals surface area contributed by atoms with Crippen molar-refractivity contribution in [2.24, 2.45) is 7.05 Å². The Morgan fingerprint density at radius 3 is 2.17 bits per heavy atom. The Bertz CT molecular complexity index is 1940. The minimum absolute atomic E-state index is 0.0452. The summed E-state index contributed by atoms with van der Waals surface area (Å²) < 4.78 is 2.18. The van der Waals surface area contributed by atoms with E-state index < -0.39 is 0 Å². The number of rotatable bonds is 13. The average molecular weight is 623 g/mol. The quantitative estimate of drug-likeness (QED) is 0.139. The minimum atomic E-state index is -0.0875. The maximum absolute atomic E-state index is 13.8. The van der Waals surface area contributed by atoms with Gasteiger partial charge in [-0.1, -0.05) is 104 Å². The number of likely N-dealkylation sites (N-methyl/N-ethyl adjacent to an activating group) is 2. The van der Waals surface area contributed by atoms with Crippen LogP contribution in [0.2, 0.25) is 0 Å². The van der Waals surface area contributed by atoms with E-state index in [4.69, 9.17) is 0 Å². The number of hydrogen-bond donors (Lipinski definition) is 2. The first-order valence-electron chi connectivity index (χ1n) is 16.8. The van der Waals surface area contributed by atoms with Gasteiger partial charge in [0, 0.05) is 54.9 Å². The predicted molar refractivity (Wildman–Crippen MR) is 197 cm³/mol. The van der Waals surface area contributed by atoms with Crippen LogP contribution in [0.3, 0.4) is 0 Å². The molecule has 5 heteroatoms. The third-order valence-corrected chi connectivity index (χ3v) is 9.48. The Kier molecular flexibility index (Phi) is 10.2. The molecule has 0 radical (unpaired) electrons. The smallest absolute Gasteiger partial charge is 0.251 e. The fraction of sp³-hybridized carbons (Fsp3) is 0.262. The molecule has 0 aliphatic rings. The standard InChI is InChI=1S/C42H46N4O/c1-5-30-14-17-33(18-15-30)34-20-22-35(23-21-34)42(47)44-38(26-37-28-46(4)41-13-9-8-12-40(37)41)29-45(3)39(27-43-2)25-31-16-19-32-10-6-7-11-36(32)24-31/h6-24,28,38-39,43H,5,25-27,29H2,1-4H3,(H,44,47)/t38-,39+/m1/s1. The van der Waals surface area contributed by atoms with Crippen molar-refractivity contribution in [2.75, 3.05) is 27.2 Å². The van der Waals surface area contributed by atoms with Gasteiger partial charge >= 0.3 is 0 Å². The average Bonchev–Trinajstić information content (AvgIpc) is 3.42. The van der Waals surface area contributed by atoms with E-state index in [2.05, 4.69) is 138 Å². The van der Waals surface area contributed by atoms with Crippen molar-refractivity contribution in [3.05, 3.63) is 144 Å². The lowest BCUT2D eigenvalue weighted by Crippen LogP contribution is -2.49. The summed E-state index contributed by atoms with van der Waals surface area (Å²) in [6, 6.07) is 40.6. The highest BCUT2D eigenvalue weighted by Crippen LogP contribution is 2.24. The van der Waals surface area contributed by atoms with E-state index in [1.54, 1.807) is 0 Å². The summed E-state index contributed by atoms with van der Waals surface area (Å²) in [7, 11) is 6.29. The molecular formula is C42H46N4O. The summed E-state index contributed by atoms with van der Waals surface area (Å²) in [5.74, 6) is -0.0452. The molecule has 240 valence electrons. The van der Waals surface area contributed by atoms with Gasteiger partial charge in [0.05, 0.1) is 0 Å². The van der Waals surface area contributed by atoms with Crippen LogP contribution in [0.25, 0.3) is 32.8 Å². The van der Waals surface area contributed by atoms with Crippen LogP contribution < -0.4 is 10.6 Å². The number of carbonyl (C=O) groups is 1. The minimum Gasteiger partial charge on any atom is -0.350 e. The molecule has 6 aromatic rings. The Morgan fingerprint density at radius 1 is 0.787 bits per heavy atom. The highest BCUT2D eigenvalue weighted by atomic mass is 16.1. The molecule has 0 spiro atoms. The molecule has 2 atom stereocenters. The van der Waals surface area contributed by atoms with Crippen molar-refractivity contribution in [3.8, 4) is 11.1 Å². The molecule has 5 aromatic carbocycles. The van der Waals surface area contributed by atoms with Crippen molar-refractivity contribution in [3.63, 3.8) is 0 Å². The molecular weight excluding hydrogens is 576 g/mol. The van der Waals surface area contributed by atoms with E-state index in [1.807, 2.05) is 31.3 Å². The monoisotopic (exact) mass is 622 g/mol. The Balaban J connectivity index is 1.22. The van der Waals surface area contributed by atoms with Gasteiger partial charge < -0.3 is 15.2 Å². The largest absolute Gasteiger partial charge is 0.350 e. The van der Waals surface area contributed by atoms with Gasteiger partial charge in [-0.3, -0.25) is 9.69 Å². The van der Waals surface area contributed by atoms with E-state index in [1.165, 1.54) is 38.4 Å². The zero-order chi connectivity index (χ0) is 32.8. The van der Waals surface area contributed by atoms with Crippen LogP contribution in [0.15, 0.2) is 121 Å². The van der Waals surface area contributed by atoms with Gasteiger partial charge in [0.1, 0.15) is 0 Å². The molecule has 6 rings (SSSR count). The summed E-state index contributed by atoms with van der Waals surface area (Å²) in [6.45, 7) is 3.73. The fourth-order valence-corrected chi connectivity index (χ4v) is 6.78. The van der Waals surface area contributed by atoms with Gasteiger partial charge in [-0.15, -0.1) is 0 Å². The summed E-state index contributed by atoms with van der Waals surface area (Å²) in [5.41, 5.74) is 8.02. The number of nitrogens with zero attached hydrogens (tertiary/aromatic N) is 2. The number of carbonyl (C=O) groups excluding carboxylic acids is 1. The van der Waals surface area contributed by atoms with E-state index >= 15 is 0 Å². The first-order valence-corrected chi connectivity index (χ1v) is 16.8. The van der Waals surface area contributed by atoms with E-state index in [0.29, 0.717) is 5.56 Å². The lowest BCUT2D eigenvalue weighted by atomic mass is 9.99. The van der Waals surface area contributed by atoms with Crippen LogP contribution in [0.1, 0.15) is 34.0 Å². The molecule has 0 fully saturated rings. The maximum Gasteiger partial charge on any atom is 0.251 e. The summed E-state index contributed by atoms with van der Waals surface area (Å²) >= 11 is 0. The number of nitrogens with one attached hydrogen (secondary N) is 2. The van der Waals surface area contributed by atoms with Crippen molar-refractivity contribution in [1.82, 2.24) is 20.1 Å². The van der Waals surface area contributed by atoms with Crippen LogP contribution in [0.4, 0.5) is 0 Å². The summed E-state index contributed by atoms with van der Waals surface area (Å²) in [5, 5.41) is 10.6. The van der Waals surface area contributed by atoms with Gasteiger partial charge in [0.2, 0.25) is 0 Å². The molecule has 47 heavy (non-hydrogen) atoms. The summed E-state index contributed by atoms with van der Waals surface area (Å²) in [6.07, 6.45) is 4.88. The second kappa shape index (κ2) is 14.8. The number of amides is 1. The number of aryl methyl sites for hydroxylation is 2. The van der Waals surface area contributed by atoms with Crippen molar-refractivity contribution in [1.29, 1.82) is 0 Å². The molecule has 0 aliphatic carbocycles. The van der Waals surface area contributed by atoms with Crippen molar-refractivity contribution < 1.29 is 4.79 Å². The van der Waals surface area contributed by atoms with Crippen molar-refractivity contribution >= 4 is 27.6 Å². The fourth-order valence-electron chi connectivity index (χ4n) is 6.78.